The predicted octanol–water partition coefficient (Wildman–Crippen LogP) is 11.1. The molecule has 0 radical (unpaired) electrons. The van der Waals surface area contributed by atoms with Crippen molar-refractivity contribution >= 4 is 17.9 Å². The van der Waals surface area contributed by atoms with Gasteiger partial charge in [0.1, 0.15) is 12.6 Å². The lowest BCUT2D eigenvalue weighted by Gasteiger charge is -2.34. The third kappa shape index (κ3) is 36.9. The average Bonchev–Trinajstić information content (AvgIpc) is 3.15. The number of hydrogen-bond acceptors (Lipinski definition) is 7. The number of likely N-dealkylation sites (N-methyl/N-ethyl adjacent to an activating group) is 1. The zero-order valence-electron chi connectivity index (χ0n) is 36.8. The Morgan fingerprint density at radius 2 is 1.00 bits per heavy atom. The maximum atomic E-state index is 12.7. The fourth-order valence-corrected chi connectivity index (χ4v) is 6.47. The Bertz CT molecular complexity index is 1060. The molecule has 0 amide bonds. The highest BCUT2D eigenvalue weighted by Gasteiger charge is 2.25. The molecule has 0 aromatic carbocycles. The van der Waals surface area contributed by atoms with Gasteiger partial charge in [-0.1, -0.05) is 165 Å². The predicted molar refractivity (Wildman–Crippen MR) is 231 cm³/mol. The normalized spacial score (nSPS) is 13.4. The van der Waals surface area contributed by atoms with Crippen molar-refractivity contribution in [2.75, 3.05) is 41.0 Å². The van der Waals surface area contributed by atoms with Crippen molar-refractivity contribution in [2.45, 2.75) is 199 Å². The number of ether oxygens (including phenoxy) is 3. The highest BCUT2D eigenvalue weighted by Crippen LogP contribution is 2.14. The number of allylic oxidation sites excluding steroid dienone is 8. The largest absolute Gasteiger partial charge is 0.544 e. The van der Waals surface area contributed by atoms with E-state index in [0.717, 1.165) is 70.6 Å². The van der Waals surface area contributed by atoms with Gasteiger partial charge in [0.25, 0.3) is 0 Å². The number of quaternary nitrogens is 1. The Morgan fingerprint density at radius 1 is 0.554 bits per heavy atom. The molecule has 0 bridgehead atoms. The van der Waals surface area contributed by atoms with Crippen LogP contribution in [0.15, 0.2) is 48.6 Å². The first-order valence-corrected chi connectivity index (χ1v) is 22.7. The van der Waals surface area contributed by atoms with Gasteiger partial charge in [0.05, 0.1) is 40.3 Å². The lowest BCUT2D eigenvalue weighted by molar-refractivity contribution is -0.889. The zero-order chi connectivity index (χ0) is 41.4. The van der Waals surface area contributed by atoms with Crippen LogP contribution in [0.25, 0.3) is 0 Å². The van der Waals surface area contributed by atoms with Crippen LogP contribution in [0.5, 0.6) is 0 Å². The Kier molecular flexibility index (Phi) is 37.2. The van der Waals surface area contributed by atoms with Gasteiger partial charge in [-0.25, -0.2) is 0 Å². The van der Waals surface area contributed by atoms with Crippen molar-refractivity contribution in [1.29, 1.82) is 0 Å². The van der Waals surface area contributed by atoms with Crippen molar-refractivity contribution in [3.63, 3.8) is 0 Å². The number of esters is 2. The van der Waals surface area contributed by atoms with Crippen molar-refractivity contribution in [2.24, 2.45) is 0 Å². The van der Waals surface area contributed by atoms with Crippen LogP contribution in [-0.2, 0) is 28.6 Å². The number of carboxylic acids is 1. The zero-order valence-corrected chi connectivity index (χ0v) is 36.8. The minimum atomic E-state index is -1.13. The topological polar surface area (TPSA) is 102 Å². The summed E-state index contributed by atoms with van der Waals surface area (Å²) in [5.74, 6) is -1.74. The van der Waals surface area contributed by atoms with E-state index in [4.69, 9.17) is 14.2 Å². The van der Waals surface area contributed by atoms with Gasteiger partial charge in [0.2, 0.25) is 0 Å². The molecule has 0 aliphatic rings. The number of carbonyl (C=O) groups is 3. The summed E-state index contributed by atoms with van der Waals surface area (Å²) in [6.07, 6.45) is 45.6. The summed E-state index contributed by atoms with van der Waals surface area (Å²) in [6, 6.07) is -0.726. The molecular weight excluding hydrogens is 703 g/mol. The minimum absolute atomic E-state index is 0.0384. The van der Waals surface area contributed by atoms with Gasteiger partial charge in [-0.3, -0.25) is 9.59 Å². The number of unbranched alkanes of at least 4 members (excludes halogenated alkanes) is 18. The van der Waals surface area contributed by atoms with Crippen molar-refractivity contribution in [3.05, 3.63) is 48.6 Å². The van der Waals surface area contributed by atoms with E-state index in [1.807, 2.05) is 0 Å². The van der Waals surface area contributed by atoms with E-state index in [1.165, 1.54) is 83.5 Å². The summed E-state index contributed by atoms with van der Waals surface area (Å²) in [4.78, 5) is 36.8. The Hall–Kier alpha value is -2.71. The van der Waals surface area contributed by atoms with Gasteiger partial charge >= 0.3 is 11.9 Å². The second kappa shape index (κ2) is 39.1. The van der Waals surface area contributed by atoms with Crippen molar-refractivity contribution in [1.82, 2.24) is 0 Å². The van der Waals surface area contributed by atoms with Gasteiger partial charge in [0.15, 0.2) is 6.10 Å². The summed E-state index contributed by atoms with van der Waals surface area (Å²) >= 11 is 0. The molecule has 0 fully saturated rings. The quantitative estimate of drug-likeness (QED) is 0.0264. The number of carbonyl (C=O) groups excluding carboxylic acids is 3. The van der Waals surface area contributed by atoms with Gasteiger partial charge in [-0.2, -0.15) is 0 Å². The second-order valence-corrected chi connectivity index (χ2v) is 16.3. The molecule has 324 valence electrons. The summed E-state index contributed by atoms with van der Waals surface area (Å²) in [7, 11) is 5.40. The fourth-order valence-electron chi connectivity index (χ4n) is 6.47. The van der Waals surface area contributed by atoms with Crippen LogP contribution in [0.1, 0.15) is 187 Å². The van der Waals surface area contributed by atoms with Crippen LogP contribution in [0, 0.1) is 0 Å². The van der Waals surface area contributed by atoms with E-state index in [2.05, 4.69) is 62.5 Å². The van der Waals surface area contributed by atoms with Gasteiger partial charge < -0.3 is 28.6 Å². The average molecular weight is 788 g/mol. The third-order valence-corrected chi connectivity index (χ3v) is 9.98. The molecular formula is C48H85NO7. The highest BCUT2D eigenvalue weighted by atomic mass is 16.6. The maximum Gasteiger partial charge on any atom is 0.306 e. The molecule has 0 aromatic heterocycles. The van der Waals surface area contributed by atoms with Crippen LogP contribution in [0.4, 0.5) is 0 Å². The van der Waals surface area contributed by atoms with Crippen LogP contribution in [-0.4, -0.2) is 75.5 Å². The molecule has 0 N–H and O–H groups in total. The van der Waals surface area contributed by atoms with Crippen molar-refractivity contribution in [3.8, 4) is 0 Å². The van der Waals surface area contributed by atoms with E-state index in [9.17, 15) is 19.5 Å². The SMILES string of the molecule is CC/C=C\C/C=C\C/C=C\C/C=C\CCCCCCCCCCC(=O)OC(COCCC(C(=O)[O-])[N+](C)(C)C)COC(=O)CCCCCCCCCCCCC. The van der Waals surface area contributed by atoms with Gasteiger partial charge in [0, 0.05) is 19.3 Å². The first-order valence-electron chi connectivity index (χ1n) is 22.7. The van der Waals surface area contributed by atoms with Crippen LogP contribution < -0.4 is 5.11 Å². The number of hydrogen-bond donors (Lipinski definition) is 0. The fraction of sp³-hybridized carbons (Fsp3) is 0.771. The van der Waals surface area contributed by atoms with Gasteiger partial charge in [-0.15, -0.1) is 0 Å². The lowest BCUT2D eigenvalue weighted by Crippen LogP contribution is -2.55. The molecule has 0 saturated carbocycles. The van der Waals surface area contributed by atoms with E-state index in [0.29, 0.717) is 12.8 Å². The molecule has 0 aliphatic carbocycles. The van der Waals surface area contributed by atoms with E-state index in [1.54, 1.807) is 21.1 Å². The summed E-state index contributed by atoms with van der Waals surface area (Å²) in [5.41, 5.74) is 0. The number of rotatable bonds is 40. The first kappa shape index (κ1) is 53.3. The lowest BCUT2D eigenvalue weighted by atomic mass is 10.1. The molecule has 0 heterocycles. The number of carboxylic acid groups (broad SMARTS) is 1. The van der Waals surface area contributed by atoms with Crippen molar-refractivity contribution < 1.29 is 38.2 Å². The number of aliphatic carboxylic acids is 1. The Balaban J connectivity index is 4.29. The molecule has 8 heteroatoms. The van der Waals surface area contributed by atoms with Crippen LogP contribution >= 0.6 is 0 Å². The molecule has 8 nitrogen and oxygen atoms in total. The monoisotopic (exact) mass is 788 g/mol. The second-order valence-electron chi connectivity index (χ2n) is 16.3. The maximum absolute atomic E-state index is 12.7. The molecule has 2 atom stereocenters. The van der Waals surface area contributed by atoms with Crippen LogP contribution in [0.2, 0.25) is 0 Å². The number of nitrogens with zero attached hydrogens (tertiary/aromatic N) is 1. The molecule has 0 spiro atoms. The Morgan fingerprint density at radius 3 is 1.48 bits per heavy atom. The van der Waals surface area contributed by atoms with E-state index < -0.39 is 18.1 Å². The smallest absolute Gasteiger partial charge is 0.306 e. The summed E-state index contributed by atoms with van der Waals surface area (Å²) in [6.45, 7) is 4.54. The van der Waals surface area contributed by atoms with Crippen LogP contribution in [0.3, 0.4) is 0 Å². The molecule has 0 rings (SSSR count). The standard InChI is InChI=1S/C48H85NO7/c1-6-8-10-12-14-16-18-19-20-21-22-23-24-25-26-27-29-31-33-35-37-39-47(51)56-44(42-54-41-40-45(48(52)53)49(3,4)5)43-55-46(50)38-36-34-32-30-28-17-15-13-11-9-7-2/h8,10,14,16,19-20,22-23,44-45H,6-7,9,11-13,15,17-18,21,24-43H2,1-5H3/b10-8-,16-14-,20-19-,23-22-. The summed E-state index contributed by atoms with van der Waals surface area (Å²) < 4.78 is 17.2. The summed E-state index contributed by atoms with van der Waals surface area (Å²) in [5, 5.41) is 11.6. The van der Waals surface area contributed by atoms with E-state index >= 15 is 0 Å². The minimum Gasteiger partial charge on any atom is -0.544 e. The molecule has 0 aliphatic heterocycles. The molecule has 56 heavy (non-hydrogen) atoms. The van der Waals surface area contributed by atoms with E-state index in [-0.39, 0.29) is 42.7 Å². The first-order chi connectivity index (χ1) is 27.1. The third-order valence-electron chi connectivity index (χ3n) is 9.98. The highest BCUT2D eigenvalue weighted by molar-refractivity contribution is 5.70. The molecule has 0 saturated heterocycles. The molecule has 2 unspecified atom stereocenters. The Labute approximate surface area is 344 Å². The van der Waals surface area contributed by atoms with Gasteiger partial charge in [-0.05, 0) is 51.4 Å². The molecule has 0 aromatic rings.